The molecule has 0 amide bonds. The van der Waals surface area contributed by atoms with Crippen LogP contribution < -0.4 is 5.32 Å². The maximum Gasteiger partial charge on any atom is 0.244 e. The Morgan fingerprint density at radius 2 is 2.14 bits per heavy atom. The van der Waals surface area contributed by atoms with Crippen molar-refractivity contribution in [3.8, 4) is 0 Å². The van der Waals surface area contributed by atoms with Gasteiger partial charge in [0.15, 0.2) is 0 Å². The first-order chi connectivity index (χ1) is 10.0. The van der Waals surface area contributed by atoms with Crippen molar-refractivity contribution in [2.45, 2.75) is 24.8 Å². The standard InChI is InChI=1S/C12H18N6O2S/c1-3-6-13-11-5-4-10(7-14-11)21(19,20)18(2)8-12-15-9-16-17-12/h4-5,7,9H,3,6,8H2,1-2H3,(H,13,14)(H,15,16,17). The zero-order valence-corrected chi connectivity index (χ0v) is 12.8. The average molecular weight is 310 g/mol. The van der Waals surface area contributed by atoms with Gasteiger partial charge in [-0.15, -0.1) is 0 Å². The van der Waals surface area contributed by atoms with E-state index in [2.05, 4.69) is 25.5 Å². The van der Waals surface area contributed by atoms with Crippen molar-refractivity contribution in [2.24, 2.45) is 0 Å². The summed E-state index contributed by atoms with van der Waals surface area (Å²) in [4.78, 5) is 8.17. The number of pyridine rings is 1. The molecule has 0 atom stereocenters. The summed E-state index contributed by atoms with van der Waals surface area (Å²) in [5.41, 5.74) is 0. The molecule has 0 bridgehead atoms. The number of aromatic amines is 1. The van der Waals surface area contributed by atoms with E-state index in [4.69, 9.17) is 0 Å². The molecule has 114 valence electrons. The molecule has 2 rings (SSSR count). The lowest BCUT2D eigenvalue weighted by Crippen LogP contribution is -2.27. The van der Waals surface area contributed by atoms with E-state index in [-0.39, 0.29) is 11.4 Å². The average Bonchev–Trinajstić information content (AvgIpc) is 2.98. The number of rotatable bonds is 7. The number of nitrogens with zero attached hydrogens (tertiary/aromatic N) is 4. The molecule has 0 aliphatic carbocycles. The minimum Gasteiger partial charge on any atom is -0.370 e. The lowest BCUT2D eigenvalue weighted by Gasteiger charge is -2.15. The van der Waals surface area contributed by atoms with Gasteiger partial charge in [0.1, 0.15) is 22.9 Å². The van der Waals surface area contributed by atoms with Crippen LogP contribution in [0.4, 0.5) is 5.82 Å². The van der Waals surface area contributed by atoms with Gasteiger partial charge >= 0.3 is 0 Å². The maximum atomic E-state index is 12.4. The Balaban J connectivity index is 2.11. The fourth-order valence-corrected chi connectivity index (χ4v) is 2.75. The van der Waals surface area contributed by atoms with Crippen LogP contribution in [0, 0.1) is 0 Å². The molecule has 0 spiro atoms. The van der Waals surface area contributed by atoms with Crippen LogP contribution >= 0.6 is 0 Å². The minimum absolute atomic E-state index is 0.123. The molecule has 0 aliphatic heterocycles. The molecule has 0 radical (unpaired) electrons. The third-order valence-electron chi connectivity index (χ3n) is 2.84. The van der Waals surface area contributed by atoms with Crippen molar-refractivity contribution < 1.29 is 8.42 Å². The number of hydrogen-bond donors (Lipinski definition) is 2. The van der Waals surface area contributed by atoms with Gasteiger partial charge in [-0.1, -0.05) is 6.92 Å². The second-order valence-corrected chi connectivity index (χ2v) is 6.54. The van der Waals surface area contributed by atoms with Crippen LogP contribution in [-0.4, -0.2) is 46.5 Å². The van der Waals surface area contributed by atoms with E-state index in [1.54, 1.807) is 6.07 Å². The molecule has 2 heterocycles. The third kappa shape index (κ3) is 3.76. The summed E-state index contributed by atoms with van der Waals surface area (Å²) in [6.45, 7) is 2.97. The molecule has 2 aromatic heterocycles. The summed E-state index contributed by atoms with van der Waals surface area (Å²) in [6.07, 6.45) is 3.66. The number of sulfonamides is 1. The van der Waals surface area contributed by atoms with E-state index in [1.165, 1.54) is 29.9 Å². The second kappa shape index (κ2) is 6.64. The SMILES string of the molecule is CCCNc1ccc(S(=O)(=O)N(C)Cc2ncn[nH]2)cn1. The fraction of sp³-hybridized carbons (Fsp3) is 0.417. The van der Waals surface area contributed by atoms with E-state index in [1.807, 2.05) is 6.92 Å². The molecule has 9 heteroatoms. The van der Waals surface area contributed by atoms with Crippen molar-refractivity contribution in [1.82, 2.24) is 24.5 Å². The molecule has 21 heavy (non-hydrogen) atoms. The molecule has 8 nitrogen and oxygen atoms in total. The van der Waals surface area contributed by atoms with Gasteiger partial charge in [-0.2, -0.15) is 9.40 Å². The first-order valence-electron chi connectivity index (χ1n) is 6.54. The molecule has 0 unspecified atom stereocenters. The highest BCUT2D eigenvalue weighted by Crippen LogP contribution is 2.16. The highest BCUT2D eigenvalue weighted by molar-refractivity contribution is 7.89. The Morgan fingerprint density at radius 1 is 1.33 bits per heavy atom. The Morgan fingerprint density at radius 3 is 2.71 bits per heavy atom. The maximum absolute atomic E-state index is 12.4. The predicted molar refractivity (Wildman–Crippen MR) is 78.1 cm³/mol. The zero-order valence-electron chi connectivity index (χ0n) is 11.9. The molecule has 0 saturated carbocycles. The van der Waals surface area contributed by atoms with Crippen molar-refractivity contribution in [3.05, 3.63) is 30.5 Å². The quantitative estimate of drug-likeness (QED) is 0.785. The van der Waals surface area contributed by atoms with E-state index in [9.17, 15) is 8.42 Å². The summed E-state index contributed by atoms with van der Waals surface area (Å²) in [5, 5.41) is 9.42. The zero-order chi connectivity index (χ0) is 15.3. The van der Waals surface area contributed by atoms with Crippen LogP contribution in [-0.2, 0) is 16.6 Å². The predicted octanol–water partition coefficient (Wildman–Crippen LogP) is 0.842. The Labute approximate surface area is 123 Å². The van der Waals surface area contributed by atoms with Crippen LogP contribution in [0.15, 0.2) is 29.6 Å². The van der Waals surface area contributed by atoms with Crippen molar-refractivity contribution in [2.75, 3.05) is 18.9 Å². The summed E-state index contributed by atoms with van der Waals surface area (Å²) >= 11 is 0. The highest BCUT2D eigenvalue weighted by Gasteiger charge is 2.22. The number of H-pyrrole nitrogens is 1. The molecule has 0 saturated heterocycles. The highest BCUT2D eigenvalue weighted by atomic mass is 32.2. The van der Waals surface area contributed by atoms with Crippen molar-refractivity contribution in [3.63, 3.8) is 0 Å². The molecule has 0 aliphatic rings. The summed E-state index contributed by atoms with van der Waals surface area (Å²) < 4.78 is 26.0. The Bertz CT molecular complexity index is 654. The van der Waals surface area contributed by atoms with Gasteiger partial charge in [0.25, 0.3) is 0 Å². The Hall–Kier alpha value is -2.00. The molecule has 2 aromatic rings. The van der Waals surface area contributed by atoms with Crippen LogP contribution in [0.5, 0.6) is 0 Å². The molecule has 0 fully saturated rings. The van der Waals surface area contributed by atoms with Crippen LogP contribution in [0.25, 0.3) is 0 Å². The lowest BCUT2D eigenvalue weighted by molar-refractivity contribution is 0.457. The lowest BCUT2D eigenvalue weighted by atomic mass is 10.4. The van der Waals surface area contributed by atoms with Crippen LogP contribution in [0.2, 0.25) is 0 Å². The number of nitrogens with one attached hydrogen (secondary N) is 2. The van der Waals surface area contributed by atoms with Crippen LogP contribution in [0.1, 0.15) is 19.2 Å². The monoisotopic (exact) mass is 310 g/mol. The summed E-state index contributed by atoms with van der Waals surface area (Å²) in [5.74, 6) is 1.14. The smallest absolute Gasteiger partial charge is 0.244 e. The van der Waals surface area contributed by atoms with Crippen LogP contribution in [0.3, 0.4) is 0 Å². The van der Waals surface area contributed by atoms with Gasteiger partial charge in [0.05, 0.1) is 6.54 Å². The minimum atomic E-state index is -3.60. The number of aromatic nitrogens is 4. The number of anilines is 1. The van der Waals surface area contributed by atoms with E-state index in [0.29, 0.717) is 11.6 Å². The normalized spacial score (nSPS) is 11.8. The molecular formula is C12H18N6O2S. The topological polar surface area (TPSA) is 104 Å². The number of hydrogen-bond acceptors (Lipinski definition) is 6. The summed E-state index contributed by atoms with van der Waals surface area (Å²) in [6, 6.07) is 3.20. The van der Waals surface area contributed by atoms with Gasteiger partial charge in [-0.05, 0) is 18.6 Å². The molecule has 0 aromatic carbocycles. The van der Waals surface area contributed by atoms with Gasteiger partial charge in [0.2, 0.25) is 10.0 Å². The fourth-order valence-electron chi connectivity index (χ4n) is 1.67. The van der Waals surface area contributed by atoms with Gasteiger partial charge < -0.3 is 5.32 Å². The third-order valence-corrected chi connectivity index (χ3v) is 4.62. The summed E-state index contributed by atoms with van der Waals surface area (Å²) in [7, 11) is -2.11. The molecule has 2 N–H and O–H groups in total. The van der Waals surface area contributed by atoms with Gasteiger partial charge in [-0.3, -0.25) is 5.10 Å². The first-order valence-corrected chi connectivity index (χ1v) is 7.98. The van der Waals surface area contributed by atoms with E-state index < -0.39 is 10.0 Å². The van der Waals surface area contributed by atoms with Crippen molar-refractivity contribution in [1.29, 1.82) is 0 Å². The first kappa shape index (κ1) is 15.4. The van der Waals surface area contributed by atoms with Gasteiger partial charge in [-0.25, -0.2) is 18.4 Å². The van der Waals surface area contributed by atoms with E-state index >= 15 is 0 Å². The van der Waals surface area contributed by atoms with Gasteiger partial charge in [0, 0.05) is 19.8 Å². The van der Waals surface area contributed by atoms with Crippen molar-refractivity contribution >= 4 is 15.8 Å². The largest absolute Gasteiger partial charge is 0.370 e. The molecular weight excluding hydrogens is 292 g/mol. The Kier molecular flexibility index (Phi) is 4.86. The second-order valence-electron chi connectivity index (χ2n) is 4.50. The van der Waals surface area contributed by atoms with E-state index in [0.717, 1.165) is 13.0 Å².